The second kappa shape index (κ2) is 8.19. The van der Waals surface area contributed by atoms with Crippen LogP contribution in [0, 0.1) is 13.8 Å². The molecule has 2 heterocycles. The molecule has 30 heavy (non-hydrogen) atoms. The van der Waals surface area contributed by atoms with Gasteiger partial charge in [0, 0.05) is 37.3 Å². The molecule has 1 aliphatic rings. The summed E-state index contributed by atoms with van der Waals surface area (Å²) in [6.07, 6.45) is 2.37. The van der Waals surface area contributed by atoms with Crippen molar-refractivity contribution in [3.8, 4) is 0 Å². The zero-order valence-corrected chi connectivity index (χ0v) is 17.5. The summed E-state index contributed by atoms with van der Waals surface area (Å²) in [5.41, 5.74) is 4.64. The van der Waals surface area contributed by atoms with Crippen molar-refractivity contribution < 1.29 is 9.21 Å². The van der Waals surface area contributed by atoms with E-state index in [9.17, 15) is 9.59 Å². The van der Waals surface area contributed by atoms with Gasteiger partial charge in [-0.05, 0) is 43.0 Å². The van der Waals surface area contributed by atoms with Gasteiger partial charge in [0.05, 0.1) is 0 Å². The summed E-state index contributed by atoms with van der Waals surface area (Å²) in [6.45, 7) is 10.6. The lowest BCUT2D eigenvalue weighted by Gasteiger charge is -2.37. The fourth-order valence-electron chi connectivity index (χ4n) is 4.28. The Bertz CT molecular complexity index is 1150. The number of carbonyl (C=O) groups excluding carboxylic acids is 1. The van der Waals surface area contributed by atoms with E-state index in [1.165, 1.54) is 16.8 Å². The molecule has 5 nitrogen and oxygen atoms in total. The molecule has 0 unspecified atom stereocenters. The Hall–Kier alpha value is -3.34. The van der Waals surface area contributed by atoms with E-state index in [1.54, 1.807) is 17.0 Å². The number of carbonyl (C=O) groups is 1. The summed E-state index contributed by atoms with van der Waals surface area (Å²) in [4.78, 5) is 29.7. The Morgan fingerprint density at radius 2 is 1.73 bits per heavy atom. The van der Waals surface area contributed by atoms with E-state index >= 15 is 0 Å². The van der Waals surface area contributed by atoms with Crippen molar-refractivity contribution in [1.29, 1.82) is 0 Å². The molecule has 0 spiro atoms. The Kier molecular flexibility index (Phi) is 5.44. The standard InChI is InChI=1S/C25H26N2O3/c1-4-7-19-10-6-11-20-16-21(25(29)30-23(19)20)24(28)27-14-12-26(13-15-27)22-17(2)8-5-9-18(22)3/h4-6,8-11,16H,1,7,12-15H2,2-3H3. The number of hydrogen-bond acceptors (Lipinski definition) is 4. The molecule has 1 fully saturated rings. The minimum absolute atomic E-state index is 0.0961. The van der Waals surface area contributed by atoms with Crippen molar-refractivity contribution in [2.45, 2.75) is 20.3 Å². The molecule has 0 aliphatic carbocycles. The van der Waals surface area contributed by atoms with Gasteiger partial charge in [0.25, 0.3) is 5.91 Å². The number of benzene rings is 2. The van der Waals surface area contributed by atoms with Crippen LogP contribution in [0.25, 0.3) is 11.0 Å². The summed E-state index contributed by atoms with van der Waals surface area (Å²) in [6, 6.07) is 13.6. The Labute approximate surface area is 176 Å². The number of fused-ring (bicyclic) bond motifs is 1. The predicted molar refractivity (Wildman–Crippen MR) is 120 cm³/mol. The molecule has 1 amide bonds. The van der Waals surface area contributed by atoms with Crippen LogP contribution in [0.15, 0.2) is 64.3 Å². The summed E-state index contributed by atoms with van der Waals surface area (Å²) in [5.74, 6) is -0.263. The number of hydrogen-bond donors (Lipinski definition) is 0. The Morgan fingerprint density at radius 3 is 2.40 bits per heavy atom. The number of amides is 1. The lowest BCUT2D eigenvalue weighted by molar-refractivity contribution is 0.0742. The summed E-state index contributed by atoms with van der Waals surface area (Å²) < 4.78 is 5.55. The maximum atomic E-state index is 13.1. The predicted octanol–water partition coefficient (Wildman–Crippen LogP) is 4.10. The molecule has 0 atom stereocenters. The molecule has 0 radical (unpaired) electrons. The van der Waals surface area contributed by atoms with Crippen LogP contribution in [0.4, 0.5) is 5.69 Å². The molecular weight excluding hydrogens is 376 g/mol. The highest BCUT2D eigenvalue weighted by molar-refractivity contribution is 5.97. The van der Waals surface area contributed by atoms with Crippen molar-refractivity contribution in [1.82, 2.24) is 4.90 Å². The number of nitrogens with zero attached hydrogens (tertiary/aromatic N) is 2. The topological polar surface area (TPSA) is 53.8 Å². The lowest BCUT2D eigenvalue weighted by Crippen LogP contribution is -2.49. The van der Waals surface area contributed by atoms with Crippen molar-refractivity contribution in [3.63, 3.8) is 0 Å². The van der Waals surface area contributed by atoms with Crippen molar-refractivity contribution in [3.05, 3.63) is 87.8 Å². The first kappa shape index (κ1) is 20.0. The number of rotatable bonds is 4. The van der Waals surface area contributed by atoms with E-state index < -0.39 is 5.63 Å². The van der Waals surface area contributed by atoms with E-state index in [2.05, 4.69) is 43.5 Å². The average Bonchev–Trinajstić information content (AvgIpc) is 2.74. The summed E-state index contributed by atoms with van der Waals surface area (Å²) >= 11 is 0. The van der Waals surface area contributed by atoms with E-state index in [-0.39, 0.29) is 11.5 Å². The smallest absolute Gasteiger partial charge is 0.349 e. The van der Waals surface area contributed by atoms with E-state index in [1.807, 2.05) is 18.2 Å². The molecule has 1 aromatic heterocycles. The first-order chi connectivity index (χ1) is 14.5. The molecular formula is C25H26N2O3. The van der Waals surface area contributed by atoms with Crippen LogP contribution in [-0.2, 0) is 6.42 Å². The van der Waals surface area contributed by atoms with Crippen LogP contribution in [0.3, 0.4) is 0 Å². The van der Waals surface area contributed by atoms with E-state index in [0.717, 1.165) is 24.0 Å². The maximum absolute atomic E-state index is 13.1. The van der Waals surface area contributed by atoms with Gasteiger partial charge in [-0.25, -0.2) is 4.79 Å². The molecule has 0 N–H and O–H groups in total. The number of piperazine rings is 1. The monoisotopic (exact) mass is 402 g/mol. The fraction of sp³-hybridized carbons (Fsp3) is 0.280. The minimum Gasteiger partial charge on any atom is -0.422 e. The van der Waals surface area contributed by atoms with Gasteiger partial charge in [0.1, 0.15) is 11.1 Å². The van der Waals surface area contributed by atoms with Gasteiger partial charge in [-0.2, -0.15) is 0 Å². The van der Waals surface area contributed by atoms with E-state index in [0.29, 0.717) is 25.1 Å². The van der Waals surface area contributed by atoms with Crippen LogP contribution < -0.4 is 10.5 Å². The number of anilines is 1. The molecule has 5 heteroatoms. The number of aryl methyl sites for hydroxylation is 2. The van der Waals surface area contributed by atoms with Crippen LogP contribution in [0.2, 0.25) is 0 Å². The first-order valence-corrected chi connectivity index (χ1v) is 10.3. The van der Waals surface area contributed by atoms with Crippen molar-refractivity contribution >= 4 is 22.6 Å². The summed E-state index contributed by atoms with van der Waals surface area (Å²) in [7, 11) is 0. The van der Waals surface area contributed by atoms with E-state index in [4.69, 9.17) is 4.42 Å². The molecule has 0 bridgehead atoms. The van der Waals surface area contributed by atoms with Crippen molar-refractivity contribution in [2.75, 3.05) is 31.1 Å². The van der Waals surface area contributed by atoms with Gasteiger partial charge in [0.15, 0.2) is 0 Å². The molecule has 1 saturated heterocycles. The SMILES string of the molecule is C=CCc1cccc2cc(C(=O)N3CCN(c4c(C)cccc4C)CC3)c(=O)oc12. The molecule has 1 aliphatic heterocycles. The fourth-order valence-corrected chi connectivity index (χ4v) is 4.28. The van der Waals surface area contributed by atoms with Crippen LogP contribution in [-0.4, -0.2) is 37.0 Å². The number of para-hydroxylation sites is 2. The zero-order valence-electron chi connectivity index (χ0n) is 17.5. The molecule has 0 saturated carbocycles. The highest BCUT2D eigenvalue weighted by Gasteiger charge is 2.26. The largest absolute Gasteiger partial charge is 0.422 e. The minimum atomic E-state index is -0.582. The van der Waals surface area contributed by atoms with Gasteiger partial charge in [-0.3, -0.25) is 4.79 Å². The zero-order chi connectivity index (χ0) is 21.3. The van der Waals surface area contributed by atoms with Gasteiger partial charge in [0.2, 0.25) is 0 Å². The molecule has 4 rings (SSSR count). The second-order valence-corrected chi connectivity index (χ2v) is 7.80. The highest BCUT2D eigenvalue weighted by Crippen LogP contribution is 2.26. The van der Waals surface area contributed by atoms with Crippen LogP contribution >= 0.6 is 0 Å². The third-order valence-corrected chi connectivity index (χ3v) is 5.76. The first-order valence-electron chi connectivity index (χ1n) is 10.3. The summed E-state index contributed by atoms with van der Waals surface area (Å²) in [5, 5.41) is 0.756. The highest BCUT2D eigenvalue weighted by atomic mass is 16.4. The normalized spacial score (nSPS) is 14.2. The molecule has 154 valence electrons. The average molecular weight is 402 g/mol. The van der Waals surface area contributed by atoms with Gasteiger partial charge >= 0.3 is 5.63 Å². The maximum Gasteiger partial charge on any atom is 0.349 e. The van der Waals surface area contributed by atoms with Crippen molar-refractivity contribution in [2.24, 2.45) is 0 Å². The Morgan fingerprint density at radius 1 is 1.07 bits per heavy atom. The van der Waals surface area contributed by atoms with Gasteiger partial charge < -0.3 is 14.2 Å². The Balaban J connectivity index is 1.56. The van der Waals surface area contributed by atoms with Crippen LogP contribution in [0.5, 0.6) is 0 Å². The third-order valence-electron chi connectivity index (χ3n) is 5.76. The van der Waals surface area contributed by atoms with Gasteiger partial charge in [-0.15, -0.1) is 6.58 Å². The molecule has 2 aromatic carbocycles. The quantitative estimate of drug-likeness (QED) is 0.487. The number of allylic oxidation sites excluding steroid dienone is 1. The second-order valence-electron chi connectivity index (χ2n) is 7.80. The van der Waals surface area contributed by atoms with Crippen LogP contribution in [0.1, 0.15) is 27.0 Å². The molecule has 3 aromatic rings. The lowest BCUT2D eigenvalue weighted by atomic mass is 10.1. The third kappa shape index (κ3) is 3.63. The van der Waals surface area contributed by atoms with Gasteiger partial charge in [-0.1, -0.05) is 42.5 Å².